The van der Waals surface area contributed by atoms with Gasteiger partial charge >= 0.3 is 0 Å². The Bertz CT molecular complexity index is 384. The van der Waals surface area contributed by atoms with Crippen molar-refractivity contribution in [1.82, 2.24) is 15.0 Å². The van der Waals surface area contributed by atoms with Gasteiger partial charge in [0.2, 0.25) is 5.88 Å². The summed E-state index contributed by atoms with van der Waals surface area (Å²) in [6.45, 7) is 0. The minimum Gasteiger partial charge on any atom is -0.480 e. The van der Waals surface area contributed by atoms with Crippen LogP contribution in [0, 0.1) is 0 Å². The Kier molecular flexibility index (Phi) is 1.96. The fourth-order valence-electron chi connectivity index (χ4n) is 1.15. The molecule has 0 aliphatic rings. The van der Waals surface area contributed by atoms with E-state index in [1.807, 2.05) is 12.1 Å². The molecule has 4 heteroatoms. The Labute approximate surface area is 75.6 Å². The number of nitrogens with zero attached hydrogens (tertiary/aromatic N) is 2. The molecule has 13 heavy (non-hydrogen) atoms. The highest BCUT2D eigenvalue weighted by atomic mass is 16.5. The van der Waals surface area contributed by atoms with Crippen LogP contribution in [0.1, 0.15) is 0 Å². The third-order valence-corrected chi connectivity index (χ3v) is 1.72. The van der Waals surface area contributed by atoms with Crippen LogP contribution in [0.3, 0.4) is 0 Å². The summed E-state index contributed by atoms with van der Waals surface area (Å²) in [4.78, 5) is 11.2. The van der Waals surface area contributed by atoms with Crippen LogP contribution in [0.4, 0.5) is 0 Å². The van der Waals surface area contributed by atoms with Crippen LogP contribution in [0.2, 0.25) is 0 Å². The smallest absolute Gasteiger partial charge is 0.224 e. The summed E-state index contributed by atoms with van der Waals surface area (Å²) in [6.07, 6.45) is 5.15. The van der Waals surface area contributed by atoms with Crippen LogP contribution < -0.4 is 4.74 Å². The van der Waals surface area contributed by atoms with Crippen molar-refractivity contribution in [2.24, 2.45) is 0 Å². The van der Waals surface area contributed by atoms with Crippen molar-refractivity contribution < 1.29 is 4.74 Å². The second-order valence-corrected chi connectivity index (χ2v) is 2.50. The number of rotatable bonds is 2. The third kappa shape index (κ3) is 1.38. The average Bonchev–Trinajstić information content (AvgIpc) is 2.70. The molecule has 0 spiro atoms. The third-order valence-electron chi connectivity index (χ3n) is 1.72. The van der Waals surface area contributed by atoms with Crippen molar-refractivity contribution in [3.8, 4) is 17.3 Å². The molecule has 2 heterocycles. The number of ether oxygens (including phenoxy) is 1. The SMILES string of the molecule is COc1ncccc1-c1ncc[nH]1. The van der Waals surface area contributed by atoms with Crippen LogP contribution in [0.5, 0.6) is 5.88 Å². The number of pyridine rings is 1. The lowest BCUT2D eigenvalue weighted by Crippen LogP contribution is -1.91. The highest BCUT2D eigenvalue weighted by Gasteiger charge is 2.06. The van der Waals surface area contributed by atoms with Gasteiger partial charge in [0.1, 0.15) is 5.82 Å². The fourth-order valence-corrected chi connectivity index (χ4v) is 1.15. The summed E-state index contributed by atoms with van der Waals surface area (Å²) in [5, 5.41) is 0. The Morgan fingerprint density at radius 3 is 2.92 bits per heavy atom. The monoisotopic (exact) mass is 175 g/mol. The lowest BCUT2D eigenvalue weighted by molar-refractivity contribution is 0.399. The Morgan fingerprint density at radius 1 is 1.31 bits per heavy atom. The zero-order chi connectivity index (χ0) is 9.10. The first kappa shape index (κ1) is 7.79. The molecule has 2 rings (SSSR count). The van der Waals surface area contributed by atoms with Gasteiger partial charge in [0.25, 0.3) is 0 Å². The molecule has 4 nitrogen and oxygen atoms in total. The molecule has 0 unspecified atom stereocenters. The van der Waals surface area contributed by atoms with Crippen LogP contribution in [-0.2, 0) is 0 Å². The van der Waals surface area contributed by atoms with Gasteiger partial charge in [0, 0.05) is 18.6 Å². The highest BCUT2D eigenvalue weighted by Crippen LogP contribution is 2.23. The molecule has 0 aliphatic heterocycles. The summed E-state index contributed by atoms with van der Waals surface area (Å²) in [5.74, 6) is 1.35. The lowest BCUT2D eigenvalue weighted by Gasteiger charge is -2.02. The Balaban J connectivity index is 2.51. The molecule has 0 radical (unpaired) electrons. The van der Waals surface area contributed by atoms with Gasteiger partial charge in [-0.15, -0.1) is 0 Å². The number of nitrogens with one attached hydrogen (secondary N) is 1. The van der Waals surface area contributed by atoms with E-state index in [1.165, 1.54) is 0 Å². The standard InChI is InChI=1S/C9H9N3O/c1-13-9-7(3-2-4-12-9)8-10-5-6-11-8/h2-6H,1H3,(H,10,11). The largest absolute Gasteiger partial charge is 0.480 e. The normalized spacial score (nSPS) is 9.92. The molecular formula is C9H9N3O. The zero-order valence-electron chi connectivity index (χ0n) is 7.19. The van der Waals surface area contributed by atoms with Gasteiger partial charge in [-0.25, -0.2) is 9.97 Å². The van der Waals surface area contributed by atoms with Crippen molar-refractivity contribution in [3.05, 3.63) is 30.7 Å². The summed E-state index contributed by atoms with van der Waals surface area (Å²) in [6, 6.07) is 3.76. The van der Waals surface area contributed by atoms with Crippen molar-refractivity contribution >= 4 is 0 Å². The first-order valence-corrected chi connectivity index (χ1v) is 3.90. The maximum atomic E-state index is 5.10. The minimum atomic E-state index is 0.581. The first-order valence-electron chi connectivity index (χ1n) is 3.90. The number of aromatic nitrogens is 3. The number of hydrogen-bond acceptors (Lipinski definition) is 3. The predicted octanol–water partition coefficient (Wildman–Crippen LogP) is 1.48. The van der Waals surface area contributed by atoms with Gasteiger partial charge in [0.15, 0.2) is 0 Å². The maximum absolute atomic E-state index is 5.10. The Hall–Kier alpha value is -1.84. The maximum Gasteiger partial charge on any atom is 0.224 e. The van der Waals surface area contributed by atoms with E-state index in [0.29, 0.717) is 5.88 Å². The summed E-state index contributed by atoms with van der Waals surface area (Å²) < 4.78 is 5.10. The quantitative estimate of drug-likeness (QED) is 0.752. The second-order valence-electron chi connectivity index (χ2n) is 2.50. The van der Waals surface area contributed by atoms with E-state index in [4.69, 9.17) is 4.74 Å². The van der Waals surface area contributed by atoms with E-state index in [0.717, 1.165) is 11.4 Å². The van der Waals surface area contributed by atoms with Crippen LogP contribution in [0.15, 0.2) is 30.7 Å². The van der Waals surface area contributed by atoms with E-state index in [1.54, 1.807) is 25.7 Å². The minimum absolute atomic E-state index is 0.581. The van der Waals surface area contributed by atoms with Gasteiger partial charge in [-0.2, -0.15) is 0 Å². The van der Waals surface area contributed by atoms with E-state index >= 15 is 0 Å². The van der Waals surface area contributed by atoms with Crippen LogP contribution >= 0.6 is 0 Å². The van der Waals surface area contributed by atoms with Crippen molar-refractivity contribution in [2.75, 3.05) is 7.11 Å². The predicted molar refractivity (Wildman–Crippen MR) is 48.4 cm³/mol. The zero-order valence-corrected chi connectivity index (χ0v) is 7.19. The number of methoxy groups -OCH3 is 1. The molecule has 0 bridgehead atoms. The summed E-state index contributed by atoms with van der Waals surface area (Å²) in [5.41, 5.74) is 0.870. The highest BCUT2D eigenvalue weighted by molar-refractivity contribution is 5.60. The lowest BCUT2D eigenvalue weighted by atomic mass is 10.2. The van der Waals surface area contributed by atoms with Gasteiger partial charge in [-0.05, 0) is 12.1 Å². The van der Waals surface area contributed by atoms with Gasteiger partial charge in [-0.3, -0.25) is 0 Å². The molecule has 0 saturated carbocycles. The first-order chi connectivity index (χ1) is 6.42. The van der Waals surface area contributed by atoms with Gasteiger partial charge in [0.05, 0.1) is 12.7 Å². The number of imidazole rings is 1. The fraction of sp³-hybridized carbons (Fsp3) is 0.111. The topological polar surface area (TPSA) is 50.8 Å². The van der Waals surface area contributed by atoms with Gasteiger partial charge < -0.3 is 9.72 Å². The second kappa shape index (κ2) is 3.26. The number of aromatic amines is 1. The molecule has 1 N–H and O–H groups in total. The molecule has 0 saturated heterocycles. The molecule has 2 aromatic rings. The number of hydrogen-bond donors (Lipinski definition) is 1. The van der Waals surface area contributed by atoms with Crippen molar-refractivity contribution in [2.45, 2.75) is 0 Å². The summed E-state index contributed by atoms with van der Waals surface area (Å²) in [7, 11) is 1.59. The van der Waals surface area contributed by atoms with Gasteiger partial charge in [-0.1, -0.05) is 0 Å². The van der Waals surface area contributed by atoms with Crippen LogP contribution in [-0.4, -0.2) is 22.1 Å². The Morgan fingerprint density at radius 2 is 2.23 bits per heavy atom. The molecule has 0 aromatic carbocycles. The van der Waals surface area contributed by atoms with E-state index in [-0.39, 0.29) is 0 Å². The molecule has 0 fully saturated rings. The molecule has 2 aromatic heterocycles. The molecule has 0 aliphatic carbocycles. The summed E-state index contributed by atoms with van der Waals surface area (Å²) >= 11 is 0. The van der Waals surface area contributed by atoms with E-state index in [9.17, 15) is 0 Å². The molecular weight excluding hydrogens is 166 g/mol. The van der Waals surface area contributed by atoms with Crippen molar-refractivity contribution in [1.29, 1.82) is 0 Å². The molecule has 0 atom stereocenters. The average molecular weight is 175 g/mol. The molecule has 66 valence electrons. The van der Waals surface area contributed by atoms with Crippen LogP contribution in [0.25, 0.3) is 11.4 Å². The number of H-pyrrole nitrogens is 1. The molecule has 0 amide bonds. The van der Waals surface area contributed by atoms with E-state index in [2.05, 4.69) is 15.0 Å². The van der Waals surface area contributed by atoms with E-state index < -0.39 is 0 Å². The van der Waals surface area contributed by atoms with Crippen molar-refractivity contribution in [3.63, 3.8) is 0 Å².